The average Bonchev–Trinajstić information content (AvgIpc) is 2.27. The quantitative estimate of drug-likeness (QED) is 0.680. The average molecular weight is 193 g/mol. The van der Waals surface area contributed by atoms with Crippen molar-refractivity contribution in [1.29, 1.82) is 0 Å². The van der Waals surface area contributed by atoms with Crippen LogP contribution in [0.5, 0.6) is 0 Å². The van der Waals surface area contributed by atoms with E-state index in [0.29, 0.717) is 18.0 Å². The van der Waals surface area contributed by atoms with Gasteiger partial charge in [0, 0.05) is 13.1 Å². The van der Waals surface area contributed by atoms with E-state index in [-0.39, 0.29) is 0 Å². The van der Waals surface area contributed by atoms with Crippen LogP contribution in [0.25, 0.3) is 0 Å². The van der Waals surface area contributed by atoms with Gasteiger partial charge in [0.15, 0.2) is 6.29 Å². The van der Waals surface area contributed by atoms with Crippen molar-refractivity contribution in [1.82, 2.24) is 9.97 Å². The molecule has 0 aromatic carbocycles. The molecule has 1 aromatic rings. The summed E-state index contributed by atoms with van der Waals surface area (Å²) >= 11 is 0. The fourth-order valence-corrected chi connectivity index (χ4v) is 1.07. The number of carbonyl (C=O) groups excluding carboxylic acids is 1. The summed E-state index contributed by atoms with van der Waals surface area (Å²) in [4.78, 5) is 20.5. The Morgan fingerprint density at radius 3 is 2.64 bits per heavy atom. The predicted molar refractivity (Wildman–Crippen MR) is 55.6 cm³/mol. The summed E-state index contributed by atoms with van der Waals surface area (Å²) in [6.45, 7) is 4.24. The molecule has 4 heteroatoms. The maximum Gasteiger partial charge on any atom is 0.170 e. The third kappa shape index (κ3) is 2.28. The first-order valence-electron chi connectivity index (χ1n) is 4.69. The van der Waals surface area contributed by atoms with Crippen LogP contribution in [0.1, 0.15) is 30.8 Å². The molecule has 76 valence electrons. The van der Waals surface area contributed by atoms with Gasteiger partial charge in [-0.25, -0.2) is 9.97 Å². The van der Waals surface area contributed by atoms with Gasteiger partial charge in [-0.15, -0.1) is 0 Å². The second-order valence-corrected chi connectivity index (χ2v) is 3.29. The molecule has 1 atom stereocenters. The van der Waals surface area contributed by atoms with Gasteiger partial charge >= 0.3 is 0 Å². The molecule has 0 aliphatic rings. The fraction of sp³-hybridized carbons (Fsp3) is 0.500. The Bertz CT molecular complexity index is 297. The van der Waals surface area contributed by atoms with Gasteiger partial charge in [0.05, 0.1) is 12.4 Å². The highest BCUT2D eigenvalue weighted by atomic mass is 16.1. The molecule has 1 rings (SSSR count). The van der Waals surface area contributed by atoms with Crippen molar-refractivity contribution in [2.75, 3.05) is 11.9 Å². The topological polar surface area (TPSA) is 46.1 Å². The number of carbonyl (C=O) groups is 1. The summed E-state index contributed by atoms with van der Waals surface area (Å²) < 4.78 is 0. The molecule has 0 N–H and O–H groups in total. The van der Waals surface area contributed by atoms with Gasteiger partial charge in [-0.05, 0) is 13.3 Å². The van der Waals surface area contributed by atoms with E-state index in [1.807, 2.05) is 11.9 Å². The molecule has 1 aromatic heterocycles. The monoisotopic (exact) mass is 193 g/mol. The summed E-state index contributed by atoms with van der Waals surface area (Å²) in [5.74, 6) is 0.796. The Balaban J connectivity index is 2.80. The summed E-state index contributed by atoms with van der Waals surface area (Å²) in [7, 11) is 1.97. The van der Waals surface area contributed by atoms with E-state index < -0.39 is 0 Å². The molecule has 0 fully saturated rings. The maximum absolute atomic E-state index is 10.4. The summed E-state index contributed by atoms with van der Waals surface area (Å²) in [5, 5.41) is 0. The molecule has 1 unspecified atom stereocenters. The van der Waals surface area contributed by atoms with Gasteiger partial charge in [0.1, 0.15) is 11.5 Å². The van der Waals surface area contributed by atoms with Crippen LogP contribution in [-0.2, 0) is 0 Å². The largest absolute Gasteiger partial charge is 0.356 e. The SMILES string of the molecule is CCC(C)N(C)c1cnc(C=O)cn1. The van der Waals surface area contributed by atoms with Crippen molar-refractivity contribution < 1.29 is 4.79 Å². The number of anilines is 1. The molecular formula is C10H15N3O. The van der Waals surface area contributed by atoms with Crippen LogP contribution in [0.3, 0.4) is 0 Å². The van der Waals surface area contributed by atoms with E-state index in [1.54, 1.807) is 6.20 Å². The van der Waals surface area contributed by atoms with Crippen LogP contribution in [0.4, 0.5) is 5.82 Å². The minimum Gasteiger partial charge on any atom is -0.356 e. The van der Waals surface area contributed by atoms with Crippen molar-refractivity contribution >= 4 is 12.1 Å². The van der Waals surface area contributed by atoms with Crippen LogP contribution in [0.2, 0.25) is 0 Å². The molecule has 0 spiro atoms. The first-order chi connectivity index (χ1) is 6.69. The minimum atomic E-state index is 0.367. The third-order valence-corrected chi connectivity index (χ3v) is 2.39. The Kier molecular flexibility index (Phi) is 3.56. The van der Waals surface area contributed by atoms with Crippen LogP contribution >= 0.6 is 0 Å². The number of rotatable bonds is 4. The lowest BCUT2D eigenvalue weighted by Crippen LogP contribution is -2.28. The Hall–Kier alpha value is -1.45. The lowest BCUT2D eigenvalue weighted by atomic mass is 10.2. The predicted octanol–water partition coefficient (Wildman–Crippen LogP) is 1.52. The molecule has 1 heterocycles. The number of aldehydes is 1. The van der Waals surface area contributed by atoms with Crippen LogP contribution in [0, 0.1) is 0 Å². The number of hydrogen-bond donors (Lipinski definition) is 0. The maximum atomic E-state index is 10.4. The Labute approximate surface area is 84.0 Å². The van der Waals surface area contributed by atoms with Crippen LogP contribution in [0.15, 0.2) is 12.4 Å². The standard InChI is InChI=1S/C10H15N3O/c1-4-8(2)13(3)10-6-11-9(7-14)5-12-10/h5-8H,4H2,1-3H3. The number of nitrogens with zero attached hydrogens (tertiary/aromatic N) is 3. The lowest BCUT2D eigenvalue weighted by Gasteiger charge is -2.24. The summed E-state index contributed by atoms with van der Waals surface area (Å²) in [6.07, 6.45) is 4.85. The highest BCUT2D eigenvalue weighted by Gasteiger charge is 2.08. The highest BCUT2D eigenvalue weighted by Crippen LogP contribution is 2.11. The van der Waals surface area contributed by atoms with E-state index >= 15 is 0 Å². The van der Waals surface area contributed by atoms with Crippen LogP contribution < -0.4 is 4.90 Å². The molecule has 0 radical (unpaired) electrons. The molecule has 0 bridgehead atoms. The molecule has 0 aliphatic carbocycles. The first kappa shape index (κ1) is 10.6. The summed E-state index contributed by atoms with van der Waals surface area (Å²) in [5.41, 5.74) is 0.367. The highest BCUT2D eigenvalue weighted by molar-refractivity contribution is 5.71. The first-order valence-corrected chi connectivity index (χ1v) is 4.69. The molecular weight excluding hydrogens is 178 g/mol. The Morgan fingerprint density at radius 1 is 1.50 bits per heavy atom. The van der Waals surface area contributed by atoms with Gasteiger partial charge in [-0.3, -0.25) is 4.79 Å². The Morgan fingerprint density at radius 2 is 2.21 bits per heavy atom. The molecule has 0 aliphatic heterocycles. The molecule has 0 saturated heterocycles. The fourth-order valence-electron chi connectivity index (χ4n) is 1.07. The molecule has 0 saturated carbocycles. The minimum absolute atomic E-state index is 0.367. The van der Waals surface area contributed by atoms with Gasteiger partial charge in [0.2, 0.25) is 0 Å². The van der Waals surface area contributed by atoms with Crippen molar-refractivity contribution in [3.63, 3.8) is 0 Å². The number of aromatic nitrogens is 2. The van der Waals surface area contributed by atoms with E-state index in [0.717, 1.165) is 12.2 Å². The zero-order valence-electron chi connectivity index (χ0n) is 8.77. The number of hydrogen-bond acceptors (Lipinski definition) is 4. The van der Waals surface area contributed by atoms with Crippen molar-refractivity contribution in [3.05, 3.63) is 18.1 Å². The van der Waals surface area contributed by atoms with Gasteiger partial charge in [-0.1, -0.05) is 6.92 Å². The van der Waals surface area contributed by atoms with E-state index in [9.17, 15) is 4.79 Å². The molecule has 0 amide bonds. The summed E-state index contributed by atoms with van der Waals surface area (Å²) in [6, 6.07) is 0.423. The second kappa shape index (κ2) is 4.69. The second-order valence-electron chi connectivity index (χ2n) is 3.29. The van der Waals surface area contributed by atoms with Crippen molar-refractivity contribution in [2.45, 2.75) is 26.3 Å². The van der Waals surface area contributed by atoms with Crippen molar-refractivity contribution in [2.24, 2.45) is 0 Å². The smallest absolute Gasteiger partial charge is 0.170 e. The third-order valence-electron chi connectivity index (χ3n) is 2.39. The van der Waals surface area contributed by atoms with E-state index in [4.69, 9.17) is 0 Å². The van der Waals surface area contributed by atoms with Crippen LogP contribution in [-0.4, -0.2) is 29.3 Å². The molecule has 4 nitrogen and oxygen atoms in total. The van der Waals surface area contributed by atoms with Crippen molar-refractivity contribution in [3.8, 4) is 0 Å². The molecule has 14 heavy (non-hydrogen) atoms. The van der Waals surface area contributed by atoms with E-state index in [2.05, 4.69) is 23.8 Å². The van der Waals surface area contributed by atoms with Gasteiger partial charge in [0.25, 0.3) is 0 Å². The van der Waals surface area contributed by atoms with Gasteiger partial charge in [-0.2, -0.15) is 0 Å². The normalized spacial score (nSPS) is 12.2. The van der Waals surface area contributed by atoms with Gasteiger partial charge < -0.3 is 4.90 Å². The lowest BCUT2D eigenvalue weighted by molar-refractivity contribution is 0.111. The zero-order valence-corrected chi connectivity index (χ0v) is 8.77. The zero-order chi connectivity index (χ0) is 10.6. The van der Waals surface area contributed by atoms with E-state index in [1.165, 1.54) is 6.20 Å².